The van der Waals surface area contributed by atoms with Gasteiger partial charge in [-0.1, -0.05) is 11.6 Å². The topological polar surface area (TPSA) is 26.3 Å². The molecule has 0 atom stereocenters. The summed E-state index contributed by atoms with van der Waals surface area (Å²) in [5.74, 6) is -0.834. The lowest BCUT2D eigenvalue weighted by atomic mass is 9.84. The fourth-order valence-corrected chi connectivity index (χ4v) is 1.75. The van der Waals surface area contributed by atoms with E-state index in [1.807, 2.05) is 0 Å². The summed E-state index contributed by atoms with van der Waals surface area (Å²) >= 11 is 5.95. The molecule has 4 heteroatoms. The number of esters is 1. The van der Waals surface area contributed by atoms with Crippen LogP contribution in [0.1, 0.15) is 26.3 Å². The van der Waals surface area contributed by atoms with Gasteiger partial charge in [0.15, 0.2) is 0 Å². The van der Waals surface area contributed by atoms with E-state index in [4.69, 9.17) is 16.3 Å². The lowest BCUT2D eigenvalue weighted by molar-refractivity contribution is -0.148. The molecule has 0 aliphatic heterocycles. The van der Waals surface area contributed by atoms with Gasteiger partial charge in [0, 0.05) is 5.02 Å². The van der Waals surface area contributed by atoms with Gasteiger partial charge in [-0.3, -0.25) is 4.79 Å². The number of benzene rings is 1. The molecule has 1 aromatic carbocycles. The number of carbonyl (C=O) groups is 1. The normalized spacial score (nSPS) is 11.3. The van der Waals surface area contributed by atoms with Crippen molar-refractivity contribution >= 4 is 17.6 Å². The van der Waals surface area contributed by atoms with E-state index in [-0.39, 0.29) is 6.61 Å². The summed E-state index contributed by atoms with van der Waals surface area (Å²) < 4.78 is 18.1. The summed E-state index contributed by atoms with van der Waals surface area (Å²) in [5.41, 5.74) is -0.512. The van der Waals surface area contributed by atoms with Gasteiger partial charge in [-0.25, -0.2) is 4.39 Å². The predicted molar refractivity (Wildman–Crippen MR) is 61.1 cm³/mol. The first-order chi connectivity index (χ1) is 7.39. The van der Waals surface area contributed by atoms with Gasteiger partial charge in [0.25, 0.3) is 0 Å². The molecule has 1 rings (SSSR count). The Morgan fingerprint density at radius 2 is 2.12 bits per heavy atom. The van der Waals surface area contributed by atoms with E-state index in [1.165, 1.54) is 18.2 Å². The predicted octanol–water partition coefficient (Wildman–Crippen LogP) is 3.32. The van der Waals surface area contributed by atoms with Gasteiger partial charge < -0.3 is 4.74 Å². The van der Waals surface area contributed by atoms with Crippen LogP contribution in [-0.4, -0.2) is 12.6 Å². The number of hydrogen-bond donors (Lipinski definition) is 0. The summed E-state index contributed by atoms with van der Waals surface area (Å²) in [7, 11) is 0. The zero-order chi connectivity index (χ0) is 12.3. The molecule has 0 unspecified atom stereocenters. The van der Waals surface area contributed by atoms with E-state index in [1.54, 1.807) is 20.8 Å². The fourth-order valence-electron chi connectivity index (χ4n) is 1.40. The third-order valence-corrected chi connectivity index (χ3v) is 2.72. The Hall–Kier alpha value is -1.09. The third-order valence-electron chi connectivity index (χ3n) is 2.39. The molecule has 2 nitrogen and oxygen atoms in total. The second-order valence-electron chi connectivity index (χ2n) is 3.97. The molecule has 0 N–H and O–H groups in total. The highest BCUT2D eigenvalue weighted by Gasteiger charge is 2.33. The second-order valence-corrected chi connectivity index (χ2v) is 4.38. The first kappa shape index (κ1) is 13.0. The zero-order valence-electron chi connectivity index (χ0n) is 9.51. The van der Waals surface area contributed by atoms with Crippen LogP contribution in [0.3, 0.4) is 0 Å². The van der Waals surface area contributed by atoms with Gasteiger partial charge in [0.2, 0.25) is 0 Å². The van der Waals surface area contributed by atoms with E-state index < -0.39 is 17.2 Å². The quantitative estimate of drug-likeness (QED) is 0.763. The van der Waals surface area contributed by atoms with E-state index in [9.17, 15) is 9.18 Å². The molecule has 0 aromatic heterocycles. The molecule has 0 heterocycles. The smallest absolute Gasteiger partial charge is 0.316 e. The van der Waals surface area contributed by atoms with E-state index >= 15 is 0 Å². The fraction of sp³-hybridized carbons (Fsp3) is 0.417. The number of carbonyl (C=O) groups excluding carboxylic acids is 1. The third kappa shape index (κ3) is 2.53. The second kappa shape index (κ2) is 4.83. The van der Waals surface area contributed by atoms with Crippen molar-refractivity contribution < 1.29 is 13.9 Å². The maximum atomic E-state index is 13.1. The van der Waals surface area contributed by atoms with Crippen molar-refractivity contribution in [3.8, 4) is 0 Å². The van der Waals surface area contributed by atoms with E-state index in [0.717, 1.165) is 0 Å². The van der Waals surface area contributed by atoms with Crippen molar-refractivity contribution in [2.45, 2.75) is 26.2 Å². The molecule has 0 aliphatic rings. The summed E-state index contributed by atoms with van der Waals surface area (Å²) in [4.78, 5) is 11.7. The van der Waals surface area contributed by atoms with Crippen LogP contribution in [0, 0.1) is 5.82 Å². The SMILES string of the molecule is CCOC(=O)C(C)(C)c1cc(F)ccc1Cl. The Balaban J connectivity index is 3.15. The minimum Gasteiger partial charge on any atom is -0.465 e. The van der Waals surface area contributed by atoms with Crippen LogP contribution in [0.25, 0.3) is 0 Å². The molecule has 0 fully saturated rings. The summed E-state index contributed by atoms with van der Waals surface area (Å²) in [6.07, 6.45) is 0. The molecule has 0 spiro atoms. The van der Waals surface area contributed by atoms with Gasteiger partial charge >= 0.3 is 5.97 Å². The number of halogens is 2. The van der Waals surface area contributed by atoms with Crippen molar-refractivity contribution in [1.82, 2.24) is 0 Å². The molecular formula is C12H14ClFO2. The van der Waals surface area contributed by atoms with Crippen molar-refractivity contribution in [2.24, 2.45) is 0 Å². The Morgan fingerprint density at radius 1 is 1.50 bits per heavy atom. The van der Waals surface area contributed by atoms with Gasteiger partial charge in [0.1, 0.15) is 5.82 Å². The monoisotopic (exact) mass is 244 g/mol. The molecule has 0 bridgehead atoms. The largest absolute Gasteiger partial charge is 0.465 e. The zero-order valence-corrected chi connectivity index (χ0v) is 10.3. The van der Waals surface area contributed by atoms with Crippen LogP contribution >= 0.6 is 11.6 Å². The number of rotatable bonds is 3. The minimum atomic E-state index is -0.949. The van der Waals surface area contributed by atoms with Crippen LogP contribution in [0.5, 0.6) is 0 Å². The summed E-state index contributed by atoms with van der Waals surface area (Å²) in [6, 6.07) is 3.96. The molecule has 0 saturated carbocycles. The van der Waals surface area contributed by atoms with Crippen LogP contribution in [0.2, 0.25) is 5.02 Å². The van der Waals surface area contributed by atoms with Gasteiger partial charge in [-0.2, -0.15) is 0 Å². The van der Waals surface area contributed by atoms with Crippen LogP contribution in [0.15, 0.2) is 18.2 Å². The average Bonchev–Trinajstić information content (AvgIpc) is 2.22. The van der Waals surface area contributed by atoms with Crippen molar-refractivity contribution in [3.63, 3.8) is 0 Å². The first-order valence-corrected chi connectivity index (χ1v) is 5.40. The Labute approximate surface area is 99.4 Å². The lowest BCUT2D eigenvalue weighted by Gasteiger charge is -2.23. The van der Waals surface area contributed by atoms with Crippen LogP contribution < -0.4 is 0 Å². The van der Waals surface area contributed by atoms with Crippen molar-refractivity contribution in [2.75, 3.05) is 6.61 Å². The number of hydrogen-bond acceptors (Lipinski definition) is 2. The van der Waals surface area contributed by atoms with Gasteiger partial charge in [0.05, 0.1) is 12.0 Å². The standard InChI is InChI=1S/C12H14ClFO2/c1-4-16-11(15)12(2,3)9-7-8(14)5-6-10(9)13/h5-7H,4H2,1-3H3. The highest BCUT2D eigenvalue weighted by atomic mass is 35.5. The molecule has 0 radical (unpaired) electrons. The van der Waals surface area contributed by atoms with E-state index in [2.05, 4.69) is 0 Å². The maximum Gasteiger partial charge on any atom is 0.316 e. The highest BCUT2D eigenvalue weighted by Crippen LogP contribution is 2.31. The number of ether oxygens (including phenoxy) is 1. The van der Waals surface area contributed by atoms with Crippen LogP contribution in [0.4, 0.5) is 4.39 Å². The summed E-state index contributed by atoms with van der Waals surface area (Å²) in [5, 5.41) is 0.361. The molecule has 16 heavy (non-hydrogen) atoms. The molecule has 0 amide bonds. The van der Waals surface area contributed by atoms with Crippen molar-refractivity contribution in [1.29, 1.82) is 0 Å². The Kier molecular flexibility index (Phi) is 3.92. The van der Waals surface area contributed by atoms with Crippen molar-refractivity contribution in [3.05, 3.63) is 34.6 Å². The van der Waals surface area contributed by atoms with Gasteiger partial charge in [-0.05, 0) is 44.5 Å². The molecular weight excluding hydrogens is 231 g/mol. The molecule has 0 aliphatic carbocycles. The first-order valence-electron chi connectivity index (χ1n) is 5.02. The minimum absolute atomic E-state index is 0.287. The van der Waals surface area contributed by atoms with Gasteiger partial charge in [-0.15, -0.1) is 0 Å². The summed E-state index contributed by atoms with van der Waals surface area (Å²) in [6.45, 7) is 5.33. The Bertz CT molecular complexity index is 402. The Morgan fingerprint density at radius 3 is 2.69 bits per heavy atom. The maximum absolute atomic E-state index is 13.1. The highest BCUT2D eigenvalue weighted by molar-refractivity contribution is 6.31. The molecule has 88 valence electrons. The van der Waals surface area contributed by atoms with E-state index in [0.29, 0.717) is 10.6 Å². The average molecular weight is 245 g/mol. The van der Waals surface area contributed by atoms with Crippen LogP contribution in [-0.2, 0) is 14.9 Å². The molecule has 1 aromatic rings. The lowest BCUT2D eigenvalue weighted by Crippen LogP contribution is -2.31. The molecule has 0 saturated heterocycles.